The van der Waals surface area contributed by atoms with E-state index in [0.29, 0.717) is 32.0 Å². The number of likely N-dealkylation sites (tertiary alicyclic amines) is 1. The van der Waals surface area contributed by atoms with Gasteiger partial charge in [-0.3, -0.25) is 0 Å². The van der Waals surface area contributed by atoms with Gasteiger partial charge in [0.1, 0.15) is 12.1 Å². The first-order valence-corrected chi connectivity index (χ1v) is 11.0. The average Bonchev–Trinajstić information content (AvgIpc) is 2.56. The van der Waals surface area contributed by atoms with Crippen LogP contribution in [0.2, 0.25) is 0 Å². The molecule has 26 heavy (non-hydrogen) atoms. The number of aromatic nitrogens is 2. The summed E-state index contributed by atoms with van der Waals surface area (Å²) in [7, 11) is -3.25. The fraction of sp³-hybridized carbons (Fsp3) is 0.765. The summed E-state index contributed by atoms with van der Waals surface area (Å²) in [6.45, 7) is 4.93. The number of piperidine rings is 2. The molecule has 0 amide bonds. The molecule has 2 aliphatic rings. The topological polar surface area (TPSA) is 98.7 Å². The maximum absolute atomic E-state index is 11.8. The van der Waals surface area contributed by atoms with Crippen LogP contribution in [-0.4, -0.2) is 83.3 Å². The molecule has 1 aromatic rings. The number of rotatable bonds is 5. The Labute approximate surface area is 155 Å². The highest BCUT2D eigenvalue weighted by atomic mass is 32.2. The fourth-order valence-corrected chi connectivity index (χ4v) is 4.81. The van der Waals surface area contributed by atoms with Crippen molar-refractivity contribution in [2.75, 3.05) is 44.3 Å². The van der Waals surface area contributed by atoms with Gasteiger partial charge in [-0.1, -0.05) is 0 Å². The lowest BCUT2D eigenvalue weighted by Crippen LogP contribution is -2.56. The summed E-state index contributed by atoms with van der Waals surface area (Å²) in [6.07, 6.45) is 6.07. The molecule has 2 aliphatic heterocycles. The van der Waals surface area contributed by atoms with Crippen LogP contribution in [0.1, 0.15) is 31.4 Å². The van der Waals surface area contributed by atoms with E-state index in [9.17, 15) is 13.5 Å². The highest BCUT2D eigenvalue weighted by Gasteiger charge is 2.38. The van der Waals surface area contributed by atoms with Gasteiger partial charge in [-0.25, -0.2) is 18.4 Å². The second-order valence-electron chi connectivity index (χ2n) is 7.66. The molecule has 0 spiro atoms. The first-order chi connectivity index (χ1) is 12.2. The maximum atomic E-state index is 11.8. The predicted molar refractivity (Wildman–Crippen MR) is 100 cm³/mol. The van der Waals surface area contributed by atoms with Crippen molar-refractivity contribution in [1.29, 1.82) is 0 Å². The standard InChI is InChI=1S/C17H29N5O3S/c1-14-10-16(19-13-18-14)20-15-4-8-21(9-5-15)11-17(23)6-3-7-22(12-17)26(2,24)25/h10,13,15,23H,3-9,11-12H2,1-2H3,(H,18,19,20). The number of aliphatic hydroxyl groups is 1. The van der Waals surface area contributed by atoms with Crippen LogP contribution in [0.3, 0.4) is 0 Å². The molecule has 9 heteroatoms. The fourth-order valence-electron chi connectivity index (χ4n) is 3.88. The highest BCUT2D eigenvalue weighted by Crippen LogP contribution is 2.25. The van der Waals surface area contributed by atoms with Gasteiger partial charge in [-0.2, -0.15) is 4.31 Å². The van der Waals surface area contributed by atoms with Crippen LogP contribution in [0.4, 0.5) is 5.82 Å². The lowest BCUT2D eigenvalue weighted by molar-refractivity contribution is -0.0383. The van der Waals surface area contributed by atoms with Gasteiger partial charge in [0.25, 0.3) is 0 Å². The van der Waals surface area contributed by atoms with E-state index in [1.54, 1.807) is 6.33 Å². The lowest BCUT2D eigenvalue weighted by Gasteiger charge is -2.42. The quantitative estimate of drug-likeness (QED) is 0.761. The van der Waals surface area contributed by atoms with E-state index >= 15 is 0 Å². The minimum absolute atomic E-state index is 0.199. The minimum atomic E-state index is -3.25. The van der Waals surface area contributed by atoms with Gasteiger partial charge in [0, 0.05) is 50.5 Å². The molecule has 146 valence electrons. The van der Waals surface area contributed by atoms with Crippen molar-refractivity contribution in [3.8, 4) is 0 Å². The summed E-state index contributed by atoms with van der Waals surface area (Å²) in [5, 5.41) is 14.4. The normalized spacial score (nSPS) is 26.7. The van der Waals surface area contributed by atoms with Gasteiger partial charge < -0.3 is 15.3 Å². The molecule has 8 nitrogen and oxygen atoms in total. The molecule has 1 atom stereocenters. The highest BCUT2D eigenvalue weighted by molar-refractivity contribution is 7.88. The summed E-state index contributed by atoms with van der Waals surface area (Å²) in [4.78, 5) is 10.6. The summed E-state index contributed by atoms with van der Waals surface area (Å²) >= 11 is 0. The Bertz CT molecular complexity index is 721. The van der Waals surface area contributed by atoms with E-state index in [-0.39, 0.29) is 6.54 Å². The van der Waals surface area contributed by atoms with Crippen LogP contribution in [0.25, 0.3) is 0 Å². The average molecular weight is 384 g/mol. The molecule has 2 N–H and O–H groups in total. The van der Waals surface area contributed by atoms with Gasteiger partial charge in [-0.05, 0) is 32.6 Å². The zero-order chi connectivity index (χ0) is 18.8. The van der Waals surface area contributed by atoms with Crippen molar-refractivity contribution in [3.63, 3.8) is 0 Å². The molecule has 3 heterocycles. The number of β-amino-alcohol motifs (C(OH)–C–C–N with tert-alkyl or cyclic N) is 1. The van der Waals surface area contributed by atoms with E-state index in [2.05, 4.69) is 20.2 Å². The molecular weight excluding hydrogens is 354 g/mol. The van der Waals surface area contributed by atoms with Gasteiger partial charge in [0.2, 0.25) is 10.0 Å². The second-order valence-corrected chi connectivity index (χ2v) is 9.65. The van der Waals surface area contributed by atoms with Gasteiger partial charge in [0.05, 0.1) is 11.9 Å². The van der Waals surface area contributed by atoms with E-state index in [1.165, 1.54) is 10.6 Å². The zero-order valence-corrected chi connectivity index (χ0v) is 16.4. The zero-order valence-electron chi connectivity index (χ0n) is 15.6. The molecule has 1 aromatic heterocycles. The Balaban J connectivity index is 1.50. The van der Waals surface area contributed by atoms with Crippen molar-refractivity contribution < 1.29 is 13.5 Å². The van der Waals surface area contributed by atoms with Crippen LogP contribution >= 0.6 is 0 Å². The summed E-state index contributed by atoms with van der Waals surface area (Å²) < 4.78 is 25.0. The van der Waals surface area contributed by atoms with Gasteiger partial charge in [-0.15, -0.1) is 0 Å². The van der Waals surface area contributed by atoms with Crippen LogP contribution in [0, 0.1) is 6.92 Å². The third-order valence-corrected chi connectivity index (χ3v) is 6.50. The van der Waals surface area contributed by atoms with Crippen molar-refractivity contribution in [1.82, 2.24) is 19.2 Å². The number of hydrogen-bond acceptors (Lipinski definition) is 7. The molecular formula is C17H29N5O3S. The Kier molecular flexibility index (Phi) is 5.81. The molecule has 0 saturated carbocycles. The SMILES string of the molecule is Cc1cc(NC2CCN(CC3(O)CCCN(S(C)(=O)=O)C3)CC2)ncn1. The van der Waals surface area contributed by atoms with Crippen LogP contribution in [0.15, 0.2) is 12.4 Å². The van der Waals surface area contributed by atoms with E-state index in [1.807, 2.05) is 13.0 Å². The molecule has 0 aromatic carbocycles. The smallest absolute Gasteiger partial charge is 0.211 e. The molecule has 2 fully saturated rings. The third-order valence-electron chi connectivity index (χ3n) is 5.25. The van der Waals surface area contributed by atoms with Crippen molar-refractivity contribution in [2.24, 2.45) is 0 Å². The van der Waals surface area contributed by atoms with Crippen LogP contribution < -0.4 is 5.32 Å². The summed E-state index contributed by atoms with van der Waals surface area (Å²) in [5.41, 5.74) is -0.0133. The van der Waals surface area contributed by atoms with Crippen molar-refractivity contribution in [2.45, 2.75) is 44.2 Å². The number of anilines is 1. The Morgan fingerprint density at radius 2 is 2.04 bits per heavy atom. The number of hydrogen-bond donors (Lipinski definition) is 2. The maximum Gasteiger partial charge on any atom is 0.211 e. The Morgan fingerprint density at radius 3 is 2.69 bits per heavy atom. The summed E-state index contributed by atoms with van der Waals surface area (Å²) in [6, 6.07) is 2.30. The largest absolute Gasteiger partial charge is 0.387 e. The summed E-state index contributed by atoms with van der Waals surface area (Å²) in [5.74, 6) is 0.852. The third kappa shape index (κ3) is 5.12. The first kappa shape index (κ1) is 19.5. The minimum Gasteiger partial charge on any atom is -0.387 e. The number of sulfonamides is 1. The van der Waals surface area contributed by atoms with Crippen LogP contribution in [0.5, 0.6) is 0 Å². The van der Waals surface area contributed by atoms with Crippen molar-refractivity contribution >= 4 is 15.8 Å². The monoisotopic (exact) mass is 383 g/mol. The number of nitrogens with one attached hydrogen (secondary N) is 1. The van der Waals surface area contributed by atoms with Gasteiger partial charge >= 0.3 is 0 Å². The van der Waals surface area contributed by atoms with Gasteiger partial charge in [0.15, 0.2) is 0 Å². The Morgan fingerprint density at radius 1 is 1.31 bits per heavy atom. The molecule has 0 bridgehead atoms. The first-order valence-electron chi connectivity index (χ1n) is 9.19. The van der Waals surface area contributed by atoms with Crippen molar-refractivity contribution in [3.05, 3.63) is 18.1 Å². The van der Waals surface area contributed by atoms with Crippen LogP contribution in [-0.2, 0) is 10.0 Å². The van der Waals surface area contributed by atoms with E-state index < -0.39 is 15.6 Å². The number of nitrogens with zero attached hydrogens (tertiary/aromatic N) is 4. The molecule has 3 rings (SSSR count). The van der Waals surface area contributed by atoms with E-state index in [4.69, 9.17) is 0 Å². The Hall–Kier alpha value is -1.29. The molecule has 2 saturated heterocycles. The molecule has 0 radical (unpaired) electrons. The molecule has 1 unspecified atom stereocenters. The lowest BCUT2D eigenvalue weighted by atomic mass is 9.92. The number of aryl methyl sites for hydroxylation is 1. The molecule has 0 aliphatic carbocycles. The second kappa shape index (κ2) is 7.75. The predicted octanol–water partition coefficient (Wildman–Crippen LogP) is 0.448. The van der Waals surface area contributed by atoms with E-state index in [0.717, 1.165) is 37.4 Å².